The van der Waals surface area contributed by atoms with Gasteiger partial charge in [0, 0.05) is 5.75 Å². The molecular weight excluding hydrogens is 192 g/mol. The lowest BCUT2D eigenvalue weighted by atomic mass is 10.1. The first-order valence-electron chi connectivity index (χ1n) is 4.06. The fourth-order valence-electron chi connectivity index (χ4n) is 0.869. The van der Waals surface area contributed by atoms with Gasteiger partial charge in [0.2, 0.25) is 0 Å². The lowest BCUT2D eigenvalue weighted by Crippen LogP contribution is -2.41. The number of methoxy groups -OCH3 is 1. The normalized spacial score (nSPS) is 21.8. The lowest BCUT2D eigenvalue weighted by Gasteiger charge is -2.28. The third-order valence-corrected chi connectivity index (χ3v) is 3.31. The molecule has 13 heavy (non-hydrogen) atoms. The van der Waals surface area contributed by atoms with Crippen molar-refractivity contribution in [1.82, 2.24) is 0 Å². The predicted octanol–water partition coefficient (Wildman–Crippen LogP) is 0.0424. The van der Waals surface area contributed by atoms with Gasteiger partial charge in [0.25, 0.3) is 0 Å². The van der Waals surface area contributed by atoms with Crippen LogP contribution in [0.25, 0.3) is 0 Å². The maximum Gasteiger partial charge on any atom is 0.338 e. The molecule has 5 heteroatoms. The molecule has 0 radical (unpaired) electrons. The zero-order valence-electron chi connectivity index (χ0n) is 7.78. The zero-order valence-corrected chi connectivity index (χ0v) is 8.60. The number of rotatable bonds is 4. The number of carbonyl (C=O) groups excluding carboxylic acids is 1. The summed E-state index contributed by atoms with van der Waals surface area (Å²) in [7, 11) is 1.27. The summed E-state index contributed by atoms with van der Waals surface area (Å²) >= 11 is 1.54. The number of carbonyl (C=O) groups is 1. The van der Waals surface area contributed by atoms with Crippen LogP contribution in [0.4, 0.5) is 0 Å². The molecule has 1 atom stereocenters. The van der Waals surface area contributed by atoms with E-state index in [1.807, 2.05) is 0 Å². The van der Waals surface area contributed by atoms with Crippen molar-refractivity contribution in [3.8, 4) is 0 Å². The molecule has 1 saturated heterocycles. The Morgan fingerprint density at radius 2 is 2.38 bits per heavy atom. The van der Waals surface area contributed by atoms with E-state index in [4.69, 9.17) is 4.74 Å². The van der Waals surface area contributed by atoms with Gasteiger partial charge in [-0.2, -0.15) is 11.8 Å². The van der Waals surface area contributed by atoms with Crippen LogP contribution in [0.5, 0.6) is 0 Å². The Balaban J connectivity index is 2.27. The van der Waals surface area contributed by atoms with Gasteiger partial charge in [0.15, 0.2) is 5.60 Å². The van der Waals surface area contributed by atoms with Gasteiger partial charge in [-0.15, -0.1) is 0 Å². The molecule has 1 rings (SSSR count). The summed E-state index contributed by atoms with van der Waals surface area (Å²) in [5.74, 6) is -0.228. The van der Waals surface area contributed by atoms with E-state index in [1.165, 1.54) is 25.8 Å². The van der Waals surface area contributed by atoms with Crippen LogP contribution in [0.3, 0.4) is 0 Å². The summed E-state index contributed by atoms with van der Waals surface area (Å²) in [6.07, 6.45) is 0. The fraction of sp³-hybridized carbons (Fsp3) is 0.875. The average molecular weight is 206 g/mol. The maximum absolute atomic E-state index is 11.0. The Kier molecular flexibility index (Phi) is 3.58. The van der Waals surface area contributed by atoms with E-state index in [1.54, 1.807) is 0 Å². The maximum atomic E-state index is 11.0. The third kappa shape index (κ3) is 2.86. The van der Waals surface area contributed by atoms with Gasteiger partial charge in [-0.3, -0.25) is 0 Å². The summed E-state index contributed by atoms with van der Waals surface area (Å²) in [6, 6.07) is 0. The minimum atomic E-state index is -1.38. The molecule has 1 heterocycles. The highest BCUT2D eigenvalue weighted by Gasteiger charge is 2.33. The molecule has 1 unspecified atom stereocenters. The number of thioether (sulfide) groups is 1. The Hall–Kier alpha value is -0.260. The van der Waals surface area contributed by atoms with Crippen LogP contribution in [0.15, 0.2) is 0 Å². The summed E-state index contributed by atoms with van der Waals surface area (Å²) in [5, 5.41) is 10.0. The topological polar surface area (TPSA) is 55.8 Å². The monoisotopic (exact) mass is 206 g/mol. The van der Waals surface area contributed by atoms with Gasteiger partial charge in [-0.25, -0.2) is 4.79 Å². The van der Waals surface area contributed by atoms with Gasteiger partial charge in [-0.1, -0.05) is 0 Å². The molecule has 76 valence electrons. The lowest BCUT2D eigenvalue weighted by molar-refractivity contribution is -0.158. The molecule has 0 amide bonds. The number of esters is 1. The highest BCUT2D eigenvalue weighted by atomic mass is 32.2. The molecule has 0 aliphatic carbocycles. The van der Waals surface area contributed by atoms with E-state index in [-0.39, 0.29) is 0 Å². The fourth-order valence-corrected chi connectivity index (χ4v) is 1.93. The molecule has 0 aromatic heterocycles. The first kappa shape index (κ1) is 10.8. The molecular formula is C8H14O4S. The van der Waals surface area contributed by atoms with Crippen LogP contribution < -0.4 is 0 Å². The van der Waals surface area contributed by atoms with Crippen molar-refractivity contribution in [2.24, 2.45) is 0 Å². The number of hydrogen-bond acceptors (Lipinski definition) is 5. The van der Waals surface area contributed by atoms with Crippen molar-refractivity contribution in [1.29, 1.82) is 0 Å². The summed E-state index contributed by atoms with van der Waals surface area (Å²) < 4.78 is 9.43. The Labute approximate surface area is 81.6 Å². The van der Waals surface area contributed by atoms with Crippen LogP contribution in [-0.2, 0) is 14.3 Å². The quantitative estimate of drug-likeness (QED) is 0.658. The Bertz CT molecular complexity index is 189. The SMILES string of the molecule is COC(=O)C(C)(O)CSC1COC1. The molecule has 0 aromatic rings. The molecule has 4 nitrogen and oxygen atoms in total. The number of ether oxygens (including phenoxy) is 2. The Morgan fingerprint density at radius 1 is 1.77 bits per heavy atom. The van der Waals surface area contributed by atoms with Crippen molar-refractivity contribution in [2.75, 3.05) is 26.1 Å². The minimum absolute atomic E-state index is 0.355. The molecule has 1 fully saturated rings. The van der Waals surface area contributed by atoms with E-state index >= 15 is 0 Å². The van der Waals surface area contributed by atoms with E-state index in [0.717, 1.165) is 0 Å². The van der Waals surface area contributed by atoms with Crippen molar-refractivity contribution < 1.29 is 19.4 Å². The first-order valence-corrected chi connectivity index (χ1v) is 5.11. The second-order valence-corrected chi connectivity index (χ2v) is 4.52. The molecule has 0 saturated carbocycles. The van der Waals surface area contributed by atoms with Crippen molar-refractivity contribution in [3.63, 3.8) is 0 Å². The van der Waals surface area contributed by atoms with Crippen LogP contribution in [0, 0.1) is 0 Å². The summed E-state index contributed by atoms with van der Waals surface area (Å²) in [5.41, 5.74) is -1.38. The van der Waals surface area contributed by atoms with Gasteiger partial charge in [0.05, 0.1) is 25.6 Å². The molecule has 0 spiro atoms. The van der Waals surface area contributed by atoms with Crippen LogP contribution in [-0.4, -0.2) is 48.0 Å². The second-order valence-electron chi connectivity index (χ2n) is 3.24. The van der Waals surface area contributed by atoms with Crippen LogP contribution in [0.2, 0.25) is 0 Å². The van der Waals surface area contributed by atoms with E-state index < -0.39 is 11.6 Å². The number of hydrogen-bond donors (Lipinski definition) is 1. The van der Waals surface area contributed by atoms with Crippen molar-refractivity contribution in [2.45, 2.75) is 17.8 Å². The number of aliphatic hydroxyl groups is 1. The minimum Gasteiger partial charge on any atom is -0.467 e. The highest BCUT2D eigenvalue weighted by Crippen LogP contribution is 2.23. The van der Waals surface area contributed by atoms with E-state index in [0.29, 0.717) is 24.2 Å². The standard InChI is InChI=1S/C8H14O4S/c1-8(10,7(9)11-2)5-13-6-3-12-4-6/h6,10H,3-5H2,1-2H3. The van der Waals surface area contributed by atoms with Crippen molar-refractivity contribution in [3.05, 3.63) is 0 Å². The molecule has 1 aliphatic heterocycles. The molecule has 0 aromatic carbocycles. The van der Waals surface area contributed by atoms with Crippen LogP contribution >= 0.6 is 11.8 Å². The van der Waals surface area contributed by atoms with Gasteiger partial charge in [-0.05, 0) is 6.92 Å². The second kappa shape index (κ2) is 4.30. The van der Waals surface area contributed by atoms with Gasteiger partial charge >= 0.3 is 5.97 Å². The smallest absolute Gasteiger partial charge is 0.338 e. The van der Waals surface area contributed by atoms with Gasteiger partial charge in [0.1, 0.15) is 0 Å². The Morgan fingerprint density at radius 3 is 2.77 bits per heavy atom. The molecule has 0 bridgehead atoms. The first-order chi connectivity index (χ1) is 6.06. The molecule has 1 N–H and O–H groups in total. The van der Waals surface area contributed by atoms with Gasteiger partial charge < -0.3 is 14.6 Å². The highest BCUT2D eigenvalue weighted by molar-refractivity contribution is 8.00. The average Bonchev–Trinajstić information content (AvgIpc) is 1.99. The molecule has 1 aliphatic rings. The van der Waals surface area contributed by atoms with E-state index in [9.17, 15) is 9.90 Å². The summed E-state index contributed by atoms with van der Waals surface area (Å²) in [4.78, 5) is 11.0. The third-order valence-electron chi connectivity index (χ3n) is 1.83. The van der Waals surface area contributed by atoms with E-state index in [2.05, 4.69) is 4.74 Å². The van der Waals surface area contributed by atoms with Crippen LogP contribution in [0.1, 0.15) is 6.92 Å². The largest absolute Gasteiger partial charge is 0.467 e. The zero-order chi connectivity index (χ0) is 9.90. The van der Waals surface area contributed by atoms with Crippen molar-refractivity contribution >= 4 is 17.7 Å². The summed E-state index contributed by atoms with van der Waals surface area (Å²) in [6.45, 7) is 2.88. The predicted molar refractivity (Wildman–Crippen MR) is 49.7 cm³/mol.